The van der Waals surface area contributed by atoms with Crippen LogP contribution in [0.3, 0.4) is 0 Å². The second kappa shape index (κ2) is 7.94. The summed E-state index contributed by atoms with van der Waals surface area (Å²) in [6.45, 7) is 2.26. The molecule has 3 amide bonds. The van der Waals surface area contributed by atoms with Gasteiger partial charge in [0.2, 0.25) is 0 Å². The van der Waals surface area contributed by atoms with Crippen LogP contribution in [0.4, 0.5) is 4.79 Å². The average Bonchev–Trinajstić information content (AvgIpc) is 2.73. The van der Waals surface area contributed by atoms with Gasteiger partial charge in [0.1, 0.15) is 0 Å². The van der Waals surface area contributed by atoms with Crippen LogP contribution in [0.25, 0.3) is 10.9 Å². The molecule has 2 heterocycles. The van der Waals surface area contributed by atoms with E-state index in [0.29, 0.717) is 37.8 Å². The predicted molar refractivity (Wildman–Crippen MR) is 105 cm³/mol. The van der Waals surface area contributed by atoms with Gasteiger partial charge in [0.15, 0.2) is 0 Å². The fourth-order valence-electron chi connectivity index (χ4n) is 4.07. The van der Waals surface area contributed by atoms with Crippen molar-refractivity contribution in [2.24, 2.45) is 0 Å². The van der Waals surface area contributed by atoms with Gasteiger partial charge in [-0.05, 0) is 25.0 Å². The molecular weight excluding hydrogens is 340 g/mol. The average molecular weight is 366 g/mol. The van der Waals surface area contributed by atoms with Crippen LogP contribution in [-0.4, -0.2) is 58.9 Å². The number of para-hydroxylation sites is 1. The van der Waals surface area contributed by atoms with Crippen molar-refractivity contribution in [2.45, 2.75) is 38.1 Å². The van der Waals surface area contributed by atoms with Crippen molar-refractivity contribution < 1.29 is 9.59 Å². The minimum Gasteiger partial charge on any atom is -0.335 e. The number of amides is 3. The van der Waals surface area contributed by atoms with Gasteiger partial charge in [0, 0.05) is 43.8 Å². The van der Waals surface area contributed by atoms with Gasteiger partial charge in [0.05, 0.1) is 11.1 Å². The summed E-state index contributed by atoms with van der Waals surface area (Å²) in [6.07, 6.45) is 7.55. The molecular formula is C21H26N4O2. The minimum absolute atomic E-state index is 0.00774. The van der Waals surface area contributed by atoms with Gasteiger partial charge in [-0.2, -0.15) is 0 Å². The molecule has 0 bridgehead atoms. The summed E-state index contributed by atoms with van der Waals surface area (Å²) in [6, 6.07) is 9.86. The largest absolute Gasteiger partial charge is 0.335 e. The summed E-state index contributed by atoms with van der Waals surface area (Å²) in [5, 5.41) is 4.13. The highest BCUT2D eigenvalue weighted by Gasteiger charge is 2.27. The van der Waals surface area contributed by atoms with Crippen LogP contribution in [-0.2, 0) is 0 Å². The lowest BCUT2D eigenvalue weighted by molar-refractivity contribution is 0.0664. The molecule has 0 atom stereocenters. The number of fused-ring (bicyclic) bond motifs is 1. The maximum atomic E-state index is 13.0. The molecule has 0 radical (unpaired) electrons. The van der Waals surface area contributed by atoms with Crippen molar-refractivity contribution in [3.8, 4) is 0 Å². The summed E-state index contributed by atoms with van der Waals surface area (Å²) >= 11 is 0. The molecule has 0 unspecified atom stereocenters. The molecule has 6 nitrogen and oxygen atoms in total. The Hall–Kier alpha value is -2.63. The third kappa shape index (κ3) is 3.89. The Morgan fingerprint density at radius 1 is 0.926 bits per heavy atom. The van der Waals surface area contributed by atoms with Crippen LogP contribution in [0.1, 0.15) is 42.5 Å². The zero-order valence-electron chi connectivity index (χ0n) is 15.6. The second-order valence-corrected chi connectivity index (χ2v) is 7.44. The molecule has 1 aliphatic heterocycles. The minimum atomic E-state index is -0.00774. The highest BCUT2D eigenvalue weighted by Crippen LogP contribution is 2.20. The number of nitrogens with one attached hydrogen (secondary N) is 1. The molecule has 142 valence electrons. The SMILES string of the molecule is O=C(NC1CCCCC1)N1CCN(C(=O)c2cccc3cccnc23)CC1. The number of benzene rings is 1. The first-order valence-electron chi connectivity index (χ1n) is 9.91. The molecule has 2 fully saturated rings. The maximum Gasteiger partial charge on any atom is 0.317 e. The van der Waals surface area contributed by atoms with E-state index in [9.17, 15) is 9.59 Å². The molecule has 1 aromatic carbocycles. The van der Waals surface area contributed by atoms with Crippen LogP contribution in [0, 0.1) is 0 Å². The molecule has 6 heteroatoms. The van der Waals surface area contributed by atoms with Crippen molar-refractivity contribution in [3.63, 3.8) is 0 Å². The molecule has 27 heavy (non-hydrogen) atoms. The number of hydrogen-bond donors (Lipinski definition) is 1. The van der Waals surface area contributed by atoms with Crippen molar-refractivity contribution in [3.05, 3.63) is 42.1 Å². The van der Waals surface area contributed by atoms with E-state index in [4.69, 9.17) is 0 Å². The highest BCUT2D eigenvalue weighted by molar-refractivity contribution is 6.05. The Bertz CT molecular complexity index is 819. The number of aromatic nitrogens is 1. The van der Waals surface area contributed by atoms with Crippen LogP contribution < -0.4 is 5.32 Å². The standard InChI is InChI=1S/C21H26N4O2/c26-20(18-10-4-6-16-7-5-11-22-19(16)18)24-12-14-25(15-13-24)21(27)23-17-8-2-1-3-9-17/h4-7,10-11,17H,1-3,8-9,12-15H2,(H,23,27). The molecule has 1 aliphatic carbocycles. The molecule has 1 aromatic heterocycles. The van der Waals surface area contributed by atoms with Gasteiger partial charge in [-0.1, -0.05) is 37.5 Å². The fourth-order valence-corrected chi connectivity index (χ4v) is 4.07. The van der Waals surface area contributed by atoms with E-state index < -0.39 is 0 Å². The first kappa shape index (κ1) is 17.8. The number of piperazine rings is 1. The first-order chi connectivity index (χ1) is 13.2. The molecule has 1 saturated heterocycles. The van der Waals surface area contributed by atoms with Gasteiger partial charge in [-0.15, -0.1) is 0 Å². The van der Waals surface area contributed by atoms with E-state index in [1.54, 1.807) is 6.20 Å². The Morgan fingerprint density at radius 3 is 2.41 bits per heavy atom. The number of rotatable bonds is 2. The Morgan fingerprint density at radius 2 is 1.63 bits per heavy atom. The van der Waals surface area contributed by atoms with Gasteiger partial charge in [0.25, 0.3) is 5.91 Å². The molecule has 2 aromatic rings. The third-order valence-corrected chi connectivity index (χ3v) is 5.65. The molecule has 4 rings (SSSR count). The summed E-state index contributed by atoms with van der Waals surface area (Å²) in [7, 11) is 0. The third-order valence-electron chi connectivity index (χ3n) is 5.65. The Balaban J connectivity index is 1.37. The van der Waals surface area contributed by atoms with E-state index in [2.05, 4.69) is 10.3 Å². The molecule has 1 N–H and O–H groups in total. The van der Waals surface area contributed by atoms with Gasteiger partial charge < -0.3 is 15.1 Å². The van der Waals surface area contributed by atoms with E-state index >= 15 is 0 Å². The number of pyridine rings is 1. The first-order valence-corrected chi connectivity index (χ1v) is 9.91. The van der Waals surface area contributed by atoms with Crippen LogP contribution in [0.5, 0.6) is 0 Å². The monoisotopic (exact) mass is 366 g/mol. The van der Waals surface area contributed by atoms with Crippen molar-refractivity contribution in [1.29, 1.82) is 0 Å². The quantitative estimate of drug-likeness (QED) is 0.888. The second-order valence-electron chi connectivity index (χ2n) is 7.44. The summed E-state index contributed by atoms with van der Waals surface area (Å²) in [4.78, 5) is 33.5. The van der Waals surface area contributed by atoms with Crippen molar-refractivity contribution >= 4 is 22.8 Å². The fraction of sp³-hybridized carbons (Fsp3) is 0.476. The maximum absolute atomic E-state index is 13.0. The summed E-state index contributed by atoms with van der Waals surface area (Å²) < 4.78 is 0. The van der Waals surface area contributed by atoms with Crippen LogP contribution in [0.2, 0.25) is 0 Å². The number of carbonyl (C=O) groups excluding carboxylic acids is 2. The van der Waals surface area contributed by atoms with Crippen LogP contribution in [0.15, 0.2) is 36.5 Å². The number of urea groups is 1. The molecule has 0 spiro atoms. The van der Waals surface area contributed by atoms with Crippen molar-refractivity contribution in [1.82, 2.24) is 20.1 Å². The van der Waals surface area contributed by atoms with Gasteiger partial charge in [-0.25, -0.2) is 4.79 Å². The number of carbonyl (C=O) groups is 2. The Labute approximate surface area is 159 Å². The van der Waals surface area contributed by atoms with E-state index in [1.807, 2.05) is 40.1 Å². The van der Waals surface area contributed by atoms with Crippen LogP contribution >= 0.6 is 0 Å². The summed E-state index contributed by atoms with van der Waals surface area (Å²) in [5.41, 5.74) is 1.37. The lowest BCUT2D eigenvalue weighted by atomic mass is 9.96. The predicted octanol–water partition coefficient (Wildman–Crippen LogP) is 3.03. The zero-order chi connectivity index (χ0) is 18.6. The topological polar surface area (TPSA) is 65.5 Å². The normalized spacial score (nSPS) is 18.5. The van der Waals surface area contributed by atoms with E-state index in [1.165, 1.54) is 19.3 Å². The number of nitrogens with zero attached hydrogens (tertiary/aromatic N) is 3. The molecule has 2 aliphatic rings. The zero-order valence-corrected chi connectivity index (χ0v) is 15.6. The lowest BCUT2D eigenvalue weighted by Gasteiger charge is -2.36. The highest BCUT2D eigenvalue weighted by atomic mass is 16.2. The summed E-state index contributed by atoms with van der Waals surface area (Å²) in [5.74, 6) is -0.00774. The Kier molecular flexibility index (Phi) is 5.23. The molecule has 1 saturated carbocycles. The lowest BCUT2D eigenvalue weighted by Crippen LogP contribution is -2.54. The van der Waals surface area contributed by atoms with Crippen molar-refractivity contribution in [2.75, 3.05) is 26.2 Å². The smallest absolute Gasteiger partial charge is 0.317 e. The van der Waals surface area contributed by atoms with Gasteiger partial charge in [-0.3, -0.25) is 9.78 Å². The van der Waals surface area contributed by atoms with Gasteiger partial charge >= 0.3 is 6.03 Å². The number of hydrogen-bond acceptors (Lipinski definition) is 3. The van der Waals surface area contributed by atoms with E-state index in [-0.39, 0.29) is 11.9 Å². The van der Waals surface area contributed by atoms with E-state index in [0.717, 1.165) is 23.7 Å².